The first-order valence-electron chi connectivity index (χ1n) is 7.21. The lowest BCUT2D eigenvalue weighted by Crippen LogP contribution is -2.39. The van der Waals surface area contributed by atoms with Crippen LogP contribution in [-0.4, -0.2) is 24.1 Å². The summed E-state index contributed by atoms with van der Waals surface area (Å²) in [6.45, 7) is 8.80. The maximum atomic E-state index is 4.83. The Morgan fingerprint density at radius 2 is 2.33 bits per heavy atom. The Hall–Kier alpha value is -0.610. The standard InChI is InChI=1S/C14H25N3S/c1-4-12-8-6-7-9-17(12)14-16-13(10-18-14)11(3)15-5-2/h10-12,15H,4-9H2,1-3H3. The summed E-state index contributed by atoms with van der Waals surface area (Å²) in [5.74, 6) is 0. The highest BCUT2D eigenvalue weighted by molar-refractivity contribution is 7.13. The molecule has 0 radical (unpaired) electrons. The normalized spacial score (nSPS) is 22.2. The Balaban J connectivity index is 2.08. The van der Waals surface area contributed by atoms with Crippen molar-refractivity contribution in [1.82, 2.24) is 10.3 Å². The van der Waals surface area contributed by atoms with E-state index >= 15 is 0 Å². The first-order chi connectivity index (χ1) is 8.76. The van der Waals surface area contributed by atoms with Gasteiger partial charge in [0.2, 0.25) is 0 Å². The molecule has 3 nitrogen and oxygen atoms in total. The summed E-state index contributed by atoms with van der Waals surface area (Å²) in [4.78, 5) is 7.36. The van der Waals surface area contributed by atoms with Crippen molar-refractivity contribution in [3.05, 3.63) is 11.1 Å². The van der Waals surface area contributed by atoms with E-state index in [1.807, 2.05) is 0 Å². The summed E-state index contributed by atoms with van der Waals surface area (Å²) >= 11 is 1.80. The predicted octanol–water partition coefficient (Wildman–Crippen LogP) is 3.58. The molecule has 2 unspecified atom stereocenters. The molecule has 0 aliphatic carbocycles. The molecule has 1 fully saturated rings. The zero-order valence-corrected chi connectivity index (χ0v) is 12.6. The molecule has 1 aromatic rings. The highest BCUT2D eigenvalue weighted by atomic mass is 32.1. The second kappa shape index (κ2) is 6.53. The average Bonchev–Trinajstić information content (AvgIpc) is 2.88. The van der Waals surface area contributed by atoms with Crippen LogP contribution in [0.3, 0.4) is 0 Å². The van der Waals surface area contributed by atoms with E-state index in [2.05, 4.69) is 36.4 Å². The van der Waals surface area contributed by atoms with Crippen molar-refractivity contribution < 1.29 is 0 Å². The fourth-order valence-corrected chi connectivity index (χ4v) is 3.71. The van der Waals surface area contributed by atoms with E-state index in [0.29, 0.717) is 12.1 Å². The van der Waals surface area contributed by atoms with E-state index in [4.69, 9.17) is 4.98 Å². The van der Waals surface area contributed by atoms with Crippen LogP contribution >= 0.6 is 11.3 Å². The van der Waals surface area contributed by atoms with Gasteiger partial charge in [0.25, 0.3) is 0 Å². The first kappa shape index (κ1) is 13.8. The molecular weight excluding hydrogens is 242 g/mol. The molecule has 0 bridgehead atoms. The van der Waals surface area contributed by atoms with Crippen LogP contribution in [0.15, 0.2) is 5.38 Å². The quantitative estimate of drug-likeness (QED) is 0.884. The molecule has 2 rings (SSSR count). The summed E-state index contributed by atoms with van der Waals surface area (Å²) in [5, 5.41) is 6.86. The minimum Gasteiger partial charge on any atom is -0.345 e. The number of nitrogens with zero attached hydrogens (tertiary/aromatic N) is 2. The third-order valence-electron chi connectivity index (χ3n) is 3.81. The van der Waals surface area contributed by atoms with Gasteiger partial charge in [-0.3, -0.25) is 0 Å². The van der Waals surface area contributed by atoms with Gasteiger partial charge in [0.05, 0.1) is 5.69 Å². The van der Waals surface area contributed by atoms with Gasteiger partial charge in [-0.1, -0.05) is 13.8 Å². The van der Waals surface area contributed by atoms with Crippen molar-refractivity contribution in [2.24, 2.45) is 0 Å². The van der Waals surface area contributed by atoms with Crippen LogP contribution < -0.4 is 10.2 Å². The van der Waals surface area contributed by atoms with Crippen LogP contribution in [0, 0.1) is 0 Å². The van der Waals surface area contributed by atoms with E-state index < -0.39 is 0 Å². The maximum absolute atomic E-state index is 4.83. The molecule has 1 aliphatic heterocycles. The number of thiazole rings is 1. The Morgan fingerprint density at radius 3 is 3.06 bits per heavy atom. The number of nitrogens with one attached hydrogen (secondary N) is 1. The number of rotatable bonds is 5. The lowest BCUT2D eigenvalue weighted by molar-refractivity contribution is 0.448. The predicted molar refractivity (Wildman–Crippen MR) is 79.5 cm³/mol. The molecule has 0 saturated carbocycles. The van der Waals surface area contributed by atoms with E-state index in [1.165, 1.54) is 43.1 Å². The third kappa shape index (κ3) is 3.04. The molecular formula is C14H25N3S. The van der Waals surface area contributed by atoms with Crippen molar-refractivity contribution in [2.75, 3.05) is 18.0 Å². The second-order valence-corrected chi connectivity index (χ2v) is 5.92. The molecule has 1 aromatic heterocycles. The van der Waals surface area contributed by atoms with Gasteiger partial charge in [0.15, 0.2) is 5.13 Å². The fraction of sp³-hybridized carbons (Fsp3) is 0.786. The summed E-state index contributed by atoms with van der Waals surface area (Å²) in [7, 11) is 0. The molecule has 1 aliphatic rings. The average molecular weight is 267 g/mol. The SMILES string of the molecule is CCNC(C)c1csc(N2CCCCC2CC)n1. The van der Waals surface area contributed by atoms with Crippen molar-refractivity contribution >= 4 is 16.5 Å². The first-order valence-corrected chi connectivity index (χ1v) is 8.09. The van der Waals surface area contributed by atoms with Gasteiger partial charge in [-0.15, -0.1) is 11.3 Å². The zero-order valence-electron chi connectivity index (χ0n) is 11.8. The van der Waals surface area contributed by atoms with Crippen LogP contribution in [0.5, 0.6) is 0 Å². The lowest BCUT2D eigenvalue weighted by Gasteiger charge is -2.35. The number of aromatic nitrogens is 1. The summed E-state index contributed by atoms with van der Waals surface area (Å²) in [5.41, 5.74) is 1.19. The Labute approximate surface area is 115 Å². The number of hydrogen-bond acceptors (Lipinski definition) is 4. The molecule has 1 saturated heterocycles. The van der Waals surface area contributed by atoms with Crippen LogP contribution in [-0.2, 0) is 0 Å². The minimum atomic E-state index is 0.366. The van der Waals surface area contributed by atoms with Crippen LogP contribution in [0.25, 0.3) is 0 Å². The molecule has 2 heterocycles. The van der Waals surface area contributed by atoms with Crippen molar-refractivity contribution in [3.63, 3.8) is 0 Å². The van der Waals surface area contributed by atoms with Gasteiger partial charge >= 0.3 is 0 Å². The molecule has 1 N–H and O–H groups in total. The summed E-state index contributed by atoms with van der Waals surface area (Å²) in [6, 6.07) is 1.07. The lowest BCUT2D eigenvalue weighted by atomic mass is 10.0. The monoisotopic (exact) mass is 267 g/mol. The van der Waals surface area contributed by atoms with Gasteiger partial charge in [-0.2, -0.15) is 0 Å². The molecule has 102 valence electrons. The number of hydrogen-bond donors (Lipinski definition) is 1. The van der Waals surface area contributed by atoms with Gasteiger partial charge < -0.3 is 10.2 Å². The van der Waals surface area contributed by atoms with Crippen LogP contribution in [0.2, 0.25) is 0 Å². The Kier molecular flexibility index (Phi) is 5.01. The zero-order chi connectivity index (χ0) is 13.0. The second-order valence-electron chi connectivity index (χ2n) is 5.09. The smallest absolute Gasteiger partial charge is 0.185 e. The van der Waals surface area contributed by atoms with Gasteiger partial charge in [0, 0.05) is 24.0 Å². The molecule has 2 atom stereocenters. The Morgan fingerprint density at radius 1 is 1.50 bits per heavy atom. The molecule has 0 amide bonds. The van der Waals surface area contributed by atoms with Crippen LogP contribution in [0.1, 0.15) is 58.2 Å². The van der Waals surface area contributed by atoms with Crippen molar-refractivity contribution in [1.29, 1.82) is 0 Å². The van der Waals surface area contributed by atoms with E-state index in [0.717, 1.165) is 6.54 Å². The highest BCUT2D eigenvalue weighted by Gasteiger charge is 2.23. The fourth-order valence-electron chi connectivity index (χ4n) is 2.69. The third-order valence-corrected chi connectivity index (χ3v) is 4.70. The van der Waals surface area contributed by atoms with Crippen LogP contribution in [0.4, 0.5) is 5.13 Å². The summed E-state index contributed by atoms with van der Waals surface area (Å²) < 4.78 is 0. The highest BCUT2D eigenvalue weighted by Crippen LogP contribution is 2.30. The van der Waals surface area contributed by atoms with E-state index in [1.54, 1.807) is 11.3 Å². The minimum absolute atomic E-state index is 0.366. The maximum Gasteiger partial charge on any atom is 0.185 e. The number of piperidine rings is 1. The molecule has 18 heavy (non-hydrogen) atoms. The van der Waals surface area contributed by atoms with Gasteiger partial charge in [-0.05, 0) is 39.2 Å². The van der Waals surface area contributed by atoms with Gasteiger partial charge in [0.1, 0.15) is 0 Å². The largest absolute Gasteiger partial charge is 0.345 e. The molecule has 4 heteroatoms. The van der Waals surface area contributed by atoms with E-state index in [9.17, 15) is 0 Å². The van der Waals surface area contributed by atoms with E-state index in [-0.39, 0.29) is 0 Å². The molecule has 0 aromatic carbocycles. The topological polar surface area (TPSA) is 28.2 Å². The van der Waals surface area contributed by atoms with Crippen molar-refractivity contribution in [3.8, 4) is 0 Å². The van der Waals surface area contributed by atoms with Gasteiger partial charge in [-0.25, -0.2) is 4.98 Å². The number of anilines is 1. The Bertz CT molecular complexity index is 364. The van der Waals surface area contributed by atoms with Crippen molar-refractivity contribution in [2.45, 2.75) is 58.5 Å². The summed E-state index contributed by atoms with van der Waals surface area (Å²) in [6.07, 6.45) is 5.25. The molecule has 0 spiro atoms.